The van der Waals surface area contributed by atoms with Gasteiger partial charge in [-0.05, 0) is 157 Å². The van der Waals surface area contributed by atoms with Crippen molar-refractivity contribution in [3.63, 3.8) is 0 Å². The molecule has 238 valence electrons. The van der Waals surface area contributed by atoms with Gasteiger partial charge >= 0.3 is 0 Å². The minimum Gasteiger partial charge on any atom is -0.267 e. The number of nitrogens with zero attached hydrogens (tertiary/aromatic N) is 2. The maximum Gasteiger partial charge on any atom is 0.283 e. The molecule has 4 aromatic carbocycles. The minimum absolute atomic E-state index is 0.146. The largest absolute Gasteiger partial charge is 0.283 e. The molecule has 4 atom stereocenters. The number of benzene rings is 4. The van der Waals surface area contributed by atoms with Gasteiger partial charge in [0.05, 0.1) is 21.8 Å². The summed E-state index contributed by atoms with van der Waals surface area (Å²) in [6.07, 6.45) is 12.7. The first-order valence-electron chi connectivity index (χ1n) is 18.8. The average molecular weight is 629 g/mol. The van der Waals surface area contributed by atoms with Gasteiger partial charge in [-0.15, -0.1) is 0 Å². The standard InChI is InChI=1S/C44H40N2O2/c47-43-41-35(21-33-29-13-23-11-24(14-29)18-31(17-23)37(33)39(41)27-7-3-1-4-8-27)45-36-22-34-30-15-25-12-26(16-30)20-32(19-25)38(34)40(28-9-5-2-6-10-28)42(36)44(48)46(43)45/h1-10,21-26,29-32H,11-20H2. The van der Waals surface area contributed by atoms with Crippen molar-refractivity contribution < 1.29 is 0 Å². The van der Waals surface area contributed by atoms with Crippen LogP contribution in [0.15, 0.2) is 82.4 Å². The van der Waals surface area contributed by atoms with Crippen molar-refractivity contribution in [3.05, 3.63) is 116 Å². The molecule has 4 unspecified atom stereocenters. The van der Waals surface area contributed by atoms with E-state index >= 15 is 9.59 Å². The molecule has 0 saturated heterocycles. The number of aromatic nitrogens is 2. The number of hydrogen-bond donors (Lipinski definition) is 0. The molecule has 0 radical (unpaired) electrons. The summed E-state index contributed by atoms with van der Waals surface area (Å²) in [5, 5.41) is 1.49. The first-order chi connectivity index (χ1) is 23.6. The second-order valence-electron chi connectivity index (χ2n) is 16.9. The maximum absolute atomic E-state index is 15.0. The van der Waals surface area contributed by atoms with Gasteiger partial charge in [-0.3, -0.25) is 9.59 Å². The van der Waals surface area contributed by atoms with Crippen LogP contribution in [0.4, 0.5) is 0 Å². The number of fused-ring (bicyclic) bond motifs is 5. The number of rotatable bonds is 2. The highest BCUT2D eigenvalue weighted by atomic mass is 16.2. The van der Waals surface area contributed by atoms with Crippen LogP contribution in [0, 0.1) is 23.7 Å². The Bertz CT molecular complexity index is 2260. The molecule has 14 rings (SSSR count). The van der Waals surface area contributed by atoms with Gasteiger partial charge in [0.2, 0.25) is 0 Å². The molecule has 48 heavy (non-hydrogen) atoms. The zero-order valence-corrected chi connectivity index (χ0v) is 27.3. The van der Waals surface area contributed by atoms with Crippen LogP contribution >= 0.6 is 0 Å². The molecule has 4 saturated carbocycles. The lowest BCUT2D eigenvalue weighted by molar-refractivity contribution is 0.166. The summed E-state index contributed by atoms with van der Waals surface area (Å²) in [5.74, 6) is 5.19. The van der Waals surface area contributed by atoms with Gasteiger partial charge in [0.25, 0.3) is 11.1 Å². The van der Waals surface area contributed by atoms with Crippen LogP contribution in [-0.2, 0) is 0 Å². The lowest BCUT2D eigenvalue weighted by Crippen LogP contribution is -2.25. The van der Waals surface area contributed by atoms with Gasteiger partial charge in [-0.25, -0.2) is 4.52 Å². The SMILES string of the molecule is O=c1c2c(-c3ccccc3)c3c(cc2n2c4cc5c(c(-c6ccccc6)c4c(=O)n12)C1CC2CC(CC5C2)C1)C1CC2CC(C1)CC3C2. The molecule has 6 aromatic rings. The van der Waals surface area contributed by atoms with Crippen LogP contribution in [0.2, 0.25) is 0 Å². The average Bonchev–Trinajstić information content (AvgIpc) is 3.41. The molecule has 8 bridgehead atoms. The van der Waals surface area contributed by atoms with E-state index in [-0.39, 0.29) is 11.1 Å². The molecule has 2 heterocycles. The van der Waals surface area contributed by atoms with E-state index in [1.807, 2.05) is 0 Å². The van der Waals surface area contributed by atoms with Crippen molar-refractivity contribution in [2.45, 2.75) is 87.9 Å². The maximum atomic E-state index is 15.0. The summed E-state index contributed by atoms with van der Waals surface area (Å²) >= 11 is 0. The van der Waals surface area contributed by atoms with Crippen LogP contribution in [0.1, 0.15) is 110 Å². The second kappa shape index (κ2) is 9.28. The van der Waals surface area contributed by atoms with Crippen molar-refractivity contribution in [1.82, 2.24) is 9.03 Å². The highest BCUT2D eigenvalue weighted by Crippen LogP contribution is 2.60. The fourth-order valence-corrected chi connectivity index (χ4v) is 13.1. The van der Waals surface area contributed by atoms with E-state index < -0.39 is 0 Å². The van der Waals surface area contributed by atoms with E-state index in [1.54, 1.807) is 0 Å². The summed E-state index contributed by atoms with van der Waals surface area (Å²) in [7, 11) is 0. The Morgan fingerprint density at radius 1 is 0.438 bits per heavy atom. The summed E-state index contributed by atoms with van der Waals surface area (Å²) < 4.78 is 3.62. The van der Waals surface area contributed by atoms with E-state index in [1.165, 1.54) is 91.0 Å². The highest BCUT2D eigenvalue weighted by molar-refractivity contribution is 6.03. The Balaban J connectivity index is 1.26. The first-order valence-corrected chi connectivity index (χ1v) is 18.8. The lowest BCUT2D eigenvalue weighted by atomic mass is 9.67. The predicted molar refractivity (Wildman–Crippen MR) is 192 cm³/mol. The van der Waals surface area contributed by atoms with Crippen LogP contribution in [0.5, 0.6) is 0 Å². The fraction of sp³-hybridized carbons (Fsp3) is 0.409. The van der Waals surface area contributed by atoms with Crippen molar-refractivity contribution in [1.29, 1.82) is 0 Å². The van der Waals surface area contributed by atoms with Crippen molar-refractivity contribution in [3.8, 4) is 22.3 Å². The van der Waals surface area contributed by atoms with Gasteiger partial charge in [-0.1, -0.05) is 60.7 Å². The Morgan fingerprint density at radius 2 is 0.812 bits per heavy atom. The normalized spacial score (nSPS) is 31.1. The monoisotopic (exact) mass is 628 g/mol. The van der Waals surface area contributed by atoms with Crippen molar-refractivity contribution in [2.75, 3.05) is 0 Å². The molecular weight excluding hydrogens is 588 g/mol. The smallest absolute Gasteiger partial charge is 0.267 e. The molecular formula is C44H40N2O2. The van der Waals surface area contributed by atoms with Gasteiger partial charge in [-0.2, -0.15) is 4.52 Å². The van der Waals surface area contributed by atoms with Gasteiger partial charge in [0, 0.05) is 11.1 Å². The van der Waals surface area contributed by atoms with Crippen LogP contribution in [-0.4, -0.2) is 9.03 Å². The zero-order valence-electron chi connectivity index (χ0n) is 27.3. The lowest BCUT2D eigenvalue weighted by Gasteiger charge is -2.38. The zero-order chi connectivity index (χ0) is 31.4. The summed E-state index contributed by atoms with van der Waals surface area (Å²) in [6, 6.07) is 26.1. The van der Waals surface area contributed by atoms with Gasteiger partial charge in [0.1, 0.15) is 0 Å². The molecule has 0 spiro atoms. The summed E-state index contributed by atoms with van der Waals surface area (Å²) in [4.78, 5) is 30.0. The highest BCUT2D eigenvalue weighted by Gasteiger charge is 2.46. The Kier molecular flexibility index (Phi) is 5.17. The molecule has 4 fully saturated rings. The molecule has 4 nitrogen and oxygen atoms in total. The molecule has 0 amide bonds. The molecule has 8 aliphatic rings. The quantitative estimate of drug-likeness (QED) is 0.192. The Morgan fingerprint density at radius 3 is 1.21 bits per heavy atom. The molecule has 2 aromatic heterocycles. The Hall–Kier alpha value is -4.18. The minimum atomic E-state index is -0.146. The molecule has 0 aliphatic heterocycles. The van der Waals surface area contributed by atoms with Gasteiger partial charge in [0.15, 0.2) is 0 Å². The Labute approximate surface area is 279 Å². The van der Waals surface area contributed by atoms with E-state index in [9.17, 15) is 0 Å². The van der Waals surface area contributed by atoms with Crippen LogP contribution in [0.25, 0.3) is 44.1 Å². The van der Waals surface area contributed by atoms with E-state index in [0.717, 1.165) is 67.7 Å². The van der Waals surface area contributed by atoms with Gasteiger partial charge < -0.3 is 0 Å². The van der Waals surface area contributed by atoms with Crippen molar-refractivity contribution in [2.24, 2.45) is 23.7 Å². The molecule has 4 heteroatoms. The summed E-state index contributed by atoms with van der Waals surface area (Å²) in [6.45, 7) is 0. The molecule has 0 N–H and O–H groups in total. The third-order valence-electron chi connectivity index (χ3n) is 14.3. The third kappa shape index (κ3) is 3.37. The number of hydrogen-bond acceptors (Lipinski definition) is 2. The first kappa shape index (κ1) is 26.7. The van der Waals surface area contributed by atoms with E-state index in [4.69, 9.17) is 0 Å². The topological polar surface area (TPSA) is 43.0 Å². The van der Waals surface area contributed by atoms with Crippen LogP contribution in [0.3, 0.4) is 0 Å². The third-order valence-corrected chi connectivity index (χ3v) is 14.3. The predicted octanol–water partition coefficient (Wildman–Crippen LogP) is 9.62. The molecule has 8 aliphatic carbocycles. The van der Waals surface area contributed by atoms with E-state index in [2.05, 4.69) is 77.3 Å². The summed E-state index contributed by atoms with van der Waals surface area (Å²) in [5.41, 5.74) is 11.8. The van der Waals surface area contributed by atoms with Crippen LogP contribution < -0.4 is 11.1 Å². The second-order valence-corrected chi connectivity index (χ2v) is 16.9. The van der Waals surface area contributed by atoms with Crippen molar-refractivity contribution >= 4 is 21.8 Å². The fourth-order valence-electron chi connectivity index (χ4n) is 13.1. The van der Waals surface area contributed by atoms with E-state index in [0.29, 0.717) is 23.7 Å².